The lowest BCUT2D eigenvalue weighted by molar-refractivity contribution is 0.479. The van der Waals surface area contributed by atoms with Crippen molar-refractivity contribution in [1.29, 1.82) is 0 Å². The largest absolute Gasteiger partial charge is 0.455 e. The van der Waals surface area contributed by atoms with Gasteiger partial charge in [-0.3, -0.25) is 0 Å². The summed E-state index contributed by atoms with van der Waals surface area (Å²) < 4.78 is 7.70. The van der Waals surface area contributed by atoms with E-state index < -0.39 is 0 Å². The van der Waals surface area contributed by atoms with Crippen LogP contribution >= 0.6 is 43.5 Å². The molecule has 0 aliphatic rings. The summed E-state index contributed by atoms with van der Waals surface area (Å²) in [5.74, 6) is 1.37. The lowest BCUT2D eigenvalue weighted by Gasteiger charge is -2.14. The van der Waals surface area contributed by atoms with Crippen LogP contribution < -0.4 is 10.1 Å². The van der Waals surface area contributed by atoms with E-state index in [0.29, 0.717) is 10.8 Å². The van der Waals surface area contributed by atoms with E-state index in [-0.39, 0.29) is 6.04 Å². The molecule has 0 heterocycles. The van der Waals surface area contributed by atoms with Crippen LogP contribution in [0.5, 0.6) is 11.5 Å². The van der Waals surface area contributed by atoms with E-state index in [4.69, 9.17) is 16.3 Å². The quantitative estimate of drug-likeness (QED) is 0.662. The third-order valence-electron chi connectivity index (χ3n) is 3.00. The normalized spacial score (nSPS) is 12.2. The van der Waals surface area contributed by atoms with Crippen molar-refractivity contribution in [3.05, 3.63) is 55.9 Å². The Morgan fingerprint density at radius 3 is 2.40 bits per heavy atom. The van der Waals surface area contributed by atoms with Gasteiger partial charge in [-0.2, -0.15) is 0 Å². The highest BCUT2D eigenvalue weighted by atomic mass is 79.9. The van der Waals surface area contributed by atoms with Crippen LogP contribution in [0.2, 0.25) is 5.02 Å². The van der Waals surface area contributed by atoms with Crippen LogP contribution in [0.15, 0.2) is 45.3 Å². The van der Waals surface area contributed by atoms with Crippen LogP contribution in [0.1, 0.15) is 18.5 Å². The lowest BCUT2D eigenvalue weighted by Crippen LogP contribution is -2.12. The maximum atomic E-state index is 6.29. The number of hydrogen-bond donors (Lipinski definition) is 1. The highest BCUT2D eigenvalue weighted by Crippen LogP contribution is 2.36. The zero-order valence-corrected chi connectivity index (χ0v) is 15.0. The Labute approximate surface area is 140 Å². The summed E-state index contributed by atoms with van der Waals surface area (Å²) in [6.45, 7) is 2.08. The Kier molecular flexibility index (Phi) is 5.49. The van der Waals surface area contributed by atoms with Crippen LogP contribution in [-0.2, 0) is 0 Å². The number of ether oxygens (including phenoxy) is 1. The molecule has 1 unspecified atom stereocenters. The fourth-order valence-electron chi connectivity index (χ4n) is 1.71. The molecular weight excluding hydrogens is 405 g/mol. The maximum Gasteiger partial charge on any atom is 0.146 e. The van der Waals surface area contributed by atoms with Gasteiger partial charge in [0.1, 0.15) is 11.5 Å². The summed E-state index contributed by atoms with van der Waals surface area (Å²) in [5.41, 5.74) is 1.12. The first-order valence-electron chi connectivity index (χ1n) is 6.11. The minimum atomic E-state index is 0.251. The van der Waals surface area contributed by atoms with Crippen LogP contribution in [0.4, 0.5) is 0 Å². The van der Waals surface area contributed by atoms with E-state index in [0.717, 1.165) is 20.3 Å². The number of halogens is 3. The van der Waals surface area contributed by atoms with Crippen molar-refractivity contribution in [2.24, 2.45) is 0 Å². The monoisotopic (exact) mass is 417 g/mol. The summed E-state index contributed by atoms with van der Waals surface area (Å²) in [4.78, 5) is 0. The molecule has 20 heavy (non-hydrogen) atoms. The maximum absolute atomic E-state index is 6.29. The van der Waals surface area contributed by atoms with E-state index in [1.807, 2.05) is 43.4 Å². The molecular formula is C15H14Br2ClNO. The average Bonchev–Trinajstić information content (AvgIpc) is 2.42. The highest BCUT2D eigenvalue weighted by molar-refractivity contribution is 9.11. The van der Waals surface area contributed by atoms with Crippen molar-refractivity contribution in [2.75, 3.05) is 7.05 Å². The molecule has 1 atom stereocenters. The van der Waals surface area contributed by atoms with Gasteiger partial charge in [-0.15, -0.1) is 0 Å². The summed E-state index contributed by atoms with van der Waals surface area (Å²) in [7, 11) is 1.92. The first kappa shape index (κ1) is 15.8. The standard InChI is InChI=1S/C15H14Br2ClNO/c1-9(19-2)10-3-5-15(13(18)7-10)20-14-6-4-11(16)8-12(14)17/h3-9,19H,1-2H3. The van der Waals surface area contributed by atoms with Crippen molar-refractivity contribution in [2.45, 2.75) is 13.0 Å². The van der Waals surface area contributed by atoms with Gasteiger partial charge in [0.2, 0.25) is 0 Å². The first-order chi connectivity index (χ1) is 9.51. The van der Waals surface area contributed by atoms with Gasteiger partial charge < -0.3 is 10.1 Å². The molecule has 0 amide bonds. The van der Waals surface area contributed by atoms with Gasteiger partial charge in [-0.05, 0) is 65.8 Å². The molecule has 0 spiro atoms. The molecule has 2 rings (SSSR count). The van der Waals surface area contributed by atoms with E-state index in [9.17, 15) is 0 Å². The third kappa shape index (κ3) is 3.76. The smallest absolute Gasteiger partial charge is 0.146 e. The first-order valence-corrected chi connectivity index (χ1v) is 8.07. The SMILES string of the molecule is CNC(C)c1ccc(Oc2ccc(Br)cc2Br)c(Cl)c1. The summed E-state index contributed by atoms with van der Waals surface area (Å²) >= 11 is 13.2. The highest BCUT2D eigenvalue weighted by Gasteiger charge is 2.10. The van der Waals surface area contributed by atoms with E-state index in [1.165, 1.54) is 0 Å². The van der Waals surface area contributed by atoms with Crippen molar-refractivity contribution in [3.8, 4) is 11.5 Å². The van der Waals surface area contributed by atoms with E-state index >= 15 is 0 Å². The second-order valence-electron chi connectivity index (χ2n) is 4.38. The summed E-state index contributed by atoms with van der Waals surface area (Å²) in [6, 6.07) is 11.8. The molecule has 2 aromatic carbocycles. The number of rotatable bonds is 4. The van der Waals surface area contributed by atoms with Gasteiger partial charge >= 0.3 is 0 Å². The molecule has 0 aromatic heterocycles. The zero-order chi connectivity index (χ0) is 14.7. The van der Waals surface area contributed by atoms with Crippen molar-refractivity contribution in [3.63, 3.8) is 0 Å². The van der Waals surface area contributed by atoms with Crippen LogP contribution in [-0.4, -0.2) is 7.05 Å². The molecule has 0 aliphatic carbocycles. The van der Waals surface area contributed by atoms with Crippen molar-refractivity contribution < 1.29 is 4.74 Å². The fraction of sp³-hybridized carbons (Fsp3) is 0.200. The minimum Gasteiger partial charge on any atom is -0.455 e. The predicted octanol–water partition coefficient (Wildman–Crippen LogP) is 5.94. The second-order valence-corrected chi connectivity index (χ2v) is 6.55. The Morgan fingerprint density at radius 1 is 1.10 bits per heavy atom. The van der Waals surface area contributed by atoms with Gasteiger partial charge in [-0.1, -0.05) is 33.6 Å². The molecule has 1 N–H and O–H groups in total. The van der Waals surface area contributed by atoms with Gasteiger partial charge in [0, 0.05) is 10.5 Å². The van der Waals surface area contributed by atoms with Crippen molar-refractivity contribution in [1.82, 2.24) is 5.32 Å². The Hall–Kier alpha value is -0.550. The van der Waals surface area contributed by atoms with Crippen molar-refractivity contribution >= 4 is 43.5 Å². The molecule has 0 saturated heterocycles. The number of hydrogen-bond acceptors (Lipinski definition) is 2. The van der Waals surface area contributed by atoms with Crippen LogP contribution in [0.3, 0.4) is 0 Å². The third-order valence-corrected chi connectivity index (χ3v) is 4.41. The van der Waals surface area contributed by atoms with Crippen LogP contribution in [0.25, 0.3) is 0 Å². The van der Waals surface area contributed by atoms with Gasteiger partial charge in [0.25, 0.3) is 0 Å². The van der Waals surface area contributed by atoms with Gasteiger partial charge in [0.15, 0.2) is 0 Å². The summed E-state index contributed by atoms with van der Waals surface area (Å²) in [5, 5.41) is 3.78. The topological polar surface area (TPSA) is 21.3 Å². The number of benzene rings is 2. The molecule has 2 aromatic rings. The fourth-order valence-corrected chi connectivity index (χ4v) is 3.07. The average molecular weight is 420 g/mol. The molecule has 0 fully saturated rings. The molecule has 0 saturated carbocycles. The van der Waals surface area contributed by atoms with Gasteiger partial charge in [-0.25, -0.2) is 0 Å². The molecule has 0 radical (unpaired) electrons. The number of nitrogens with one attached hydrogen (secondary N) is 1. The predicted molar refractivity (Wildman–Crippen MR) is 90.8 cm³/mol. The van der Waals surface area contributed by atoms with E-state index in [1.54, 1.807) is 0 Å². The molecule has 0 aliphatic heterocycles. The lowest BCUT2D eigenvalue weighted by atomic mass is 10.1. The van der Waals surface area contributed by atoms with Crippen LogP contribution in [0, 0.1) is 0 Å². The minimum absolute atomic E-state index is 0.251. The molecule has 5 heteroatoms. The Morgan fingerprint density at radius 2 is 1.80 bits per heavy atom. The second kappa shape index (κ2) is 6.94. The molecule has 2 nitrogen and oxygen atoms in total. The zero-order valence-electron chi connectivity index (χ0n) is 11.1. The Bertz CT molecular complexity index is 619. The summed E-state index contributed by atoms with van der Waals surface area (Å²) in [6.07, 6.45) is 0. The Balaban J connectivity index is 2.25. The van der Waals surface area contributed by atoms with E-state index in [2.05, 4.69) is 44.1 Å². The van der Waals surface area contributed by atoms with Gasteiger partial charge in [0.05, 0.1) is 9.50 Å². The molecule has 106 valence electrons. The molecule has 0 bridgehead atoms.